The van der Waals surface area contributed by atoms with Gasteiger partial charge in [0.2, 0.25) is 0 Å². The summed E-state index contributed by atoms with van der Waals surface area (Å²) in [6.45, 7) is 12.9. The smallest absolute Gasteiger partial charge is 0.0614 e. The first kappa shape index (κ1) is 14.4. The Kier molecular flexibility index (Phi) is 5.81. The Morgan fingerprint density at radius 3 is 0.917 bits per heavy atom. The Morgan fingerprint density at radius 2 is 0.917 bits per heavy atom. The molecule has 0 bridgehead atoms. The van der Waals surface area contributed by atoms with Crippen LogP contribution in [0.1, 0.15) is 48.5 Å². The predicted octanol–water partition coefficient (Wildman–Crippen LogP) is 2.19. The highest BCUT2D eigenvalue weighted by Gasteiger charge is 2.16. The molecule has 76 valence electrons. The van der Waals surface area contributed by atoms with Crippen molar-refractivity contribution in [3.63, 3.8) is 0 Å². The highest BCUT2D eigenvalue weighted by atomic mass is 16.3. The van der Waals surface area contributed by atoms with Crippen molar-refractivity contribution in [3.8, 4) is 0 Å². The van der Waals surface area contributed by atoms with Crippen LogP contribution in [0.3, 0.4) is 0 Å². The van der Waals surface area contributed by atoms with Crippen LogP contribution in [0.25, 0.3) is 0 Å². The molecule has 2 heteroatoms. The van der Waals surface area contributed by atoms with E-state index in [9.17, 15) is 0 Å². The summed E-state index contributed by atoms with van der Waals surface area (Å²) in [4.78, 5) is 0. The second-order valence-corrected chi connectivity index (χ2v) is 4.98. The van der Waals surface area contributed by atoms with Crippen LogP contribution in [0, 0.1) is 5.92 Å². The molecule has 0 aromatic heterocycles. The highest BCUT2D eigenvalue weighted by Crippen LogP contribution is 2.12. The average Bonchev–Trinajstić information content (AvgIpc) is 1.55. The number of rotatable bonds is 1. The minimum Gasteiger partial charge on any atom is -0.391 e. The van der Waals surface area contributed by atoms with Crippen molar-refractivity contribution in [2.75, 3.05) is 0 Å². The van der Waals surface area contributed by atoms with Crippen LogP contribution >= 0.6 is 0 Å². The van der Waals surface area contributed by atoms with E-state index in [1.807, 2.05) is 27.7 Å². The monoisotopic (exact) mass is 176 g/mol. The summed E-state index contributed by atoms with van der Waals surface area (Å²) in [7, 11) is 0. The van der Waals surface area contributed by atoms with E-state index < -0.39 is 11.2 Å². The quantitative estimate of drug-likeness (QED) is 0.643. The summed E-state index contributed by atoms with van der Waals surface area (Å²) in [6.07, 6.45) is 0. The zero-order valence-electron chi connectivity index (χ0n) is 9.47. The van der Waals surface area contributed by atoms with Crippen LogP contribution in [-0.2, 0) is 0 Å². The lowest BCUT2D eigenvalue weighted by Crippen LogP contribution is -2.25. The van der Waals surface area contributed by atoms with Gasteiger partial charge in [0, 0.05) is 0 Å². The topological polar surface area (TPSA) is 40.5 Å². The summed E-state index contributed by atoms with van der Waals surface area (Å²) < 4.78 is 0. The minimum atomic E-state index is -0.500. The Morgan fingerprint density at radius 1 is 0.833 bits per heavy atom. The van der Waals surface area contributed by atoms with Gasteiger partial charge in [-0.25, -0.2) is 0 Å². The van der Waals surface area contributed by atoms with Crippen LogP contribution < -0.4 is 0 Å². The molecule has 0 radical (unpaired) electrons. The summed E-state index contributed by atoms with van der Waals surface area (Å²) in [5.74, 6) is 0.354. The van der Waals surface area contributed by atoms with Crippen molar-refractivity contribution >= 4 is 0 Å². The second kappa shape index (κ2) is 4.83. The van der Waals surface area contributed by atoms with Crippen molar-refractivity contribution in [2.24, 2.45) is 5.92 Å². The normalized spacial score (nSPS) is 12.5. The largest absolute Gasteiger partial charge is 0.391 e. The van der Waals surface area contributed by atoms with E-state index in [0.717, 1.165) is 0 Å². The van der Waals surface area contributed by atoms with E-state index in [2.05, 4.69) is 0 Å². The van der Waals surface area contributed by atoms with Crippen molar-refractivity contribution in [3.05, 3.63) is 0 Å². The molecule has 0 aliphatic rings. The molecule has 2 N–H and O–H groups in total. The van der Waals surface area contributed by atoms with Crippen molar-refractivity contribution in [1.82, 2.24) is 0 Å². The lowest BCUT2D eigenvalue weighted by molar-refractivity contribution is 0.0327. The van der Waals surface area contributed by atoms with E-state index in [4.69, 9.17) is 10.2 Å². The molecule has 0 aliphatic heterocycles. The first-order chi connectivity index (χ1) is 4.94. The van der Waals surface area contributed by atoms with Gasteiger partial charge in [-0.05, 0) is 40.5 Å². The maximum Gasteiger partial charge on any atom is 0.0614 e. The average molecular weight is 176 g/mol. The van der Waals surface area contributed by atoms with Crippen LogP contribution in [0.4, 0.5) is 0 Å². The molecule has 12 heavy (non-hydrogen) atoms. The lowest BCUT2D eigenvalue weighted by Gasteiger charge is -2.21. The molecular formula is C10H24O2. The van der Waals surface area contributed by atoms with Crippen LogP contribution in [-0.4, -0.2) is 21.4 Å². The van der Waals surface area contributed by atoms with Crippen molar-refractivity contribution < 1.29 is 10.2 Å². The van der Waals surface area contributed by atoms with E-state index in [-0.39, 0.29) is 0 Å². The summed E-state index contributed by atoms with van der Waals surface area (Å²) >= 11 is 0. The number of hydrogen-bond donors (Lipinski definition) is 2. The van der Waals surface area contributed by atoms with E-state index in [0.29, 0.717) is 5.92 Å². The van der Waals surface area contributed by atoms with E-state index in [1.165, 1.54) is 0 Å². The van der Waals surface area contributed by atoms with Gasteiger partial charge >= 0.3 is 0 Å². The zero-order valence-corrected chi connectivity index (χ0v) is 9.47. The number of hydrogen-bond acceptors (Lipinski definition) is 2. The molecule has 0 aliphatic carbocycles. The van der Waals surface area contributed by atoms with Gasteiger partial charge in [-0.2, -0.15) is 0 Å². The minimum absolute atomic E-state index is 0.354. The fraction of sp³-hybridized carbons (Fsp3) is 1.00. The van der Waals surface area contributed by atoms with Crippen LogP contribution in [0.15, 0.2) is 0 Å². The van der Waals surface area contributed by atoms with Gasteiger partial charge in [-0.1, -0.05) is 13.8 Å². The molecule has 0 spiro atoms. The fourth-order valence-corrected chi connectivity index (χ4v) is 0. The maximum atomic E-state index is 9.09. The Bertz CT molecular complexity index is 98.0. The first-order valence-electron chi connectivity index (χ1n) is 4.39. The third kappa shape index (κ3) is 22.5. The molecule has 0 atom stereocenters. The van der Waals surface area contributed by atoms with Crippen molar-refractivity contribution in [2.45, 2.75) is 59.7 Å². The van der Waals surface area contributed by atoms with Gasteiger partial charge in [0.05, 0.1) is 11.2 Å². The molecule has 0 heterocycles. The summed E-state index contributed by atoms with van der Waals surface area (Å²) in [5, 5.41) is 17.6. The van der Waals surface area contributed by atoms with Gasteiger partial charge in [-0.3, -0.25) is 0 Å². The van der Waals surface area contributed by atoms with Crippen LogP contribution in [0.5, 0.6) is 0 Å². The van der Waals surface area contributed by atoms with E-state index in [1.54, 1.807) is 20.8 Å². The Labute approximate surface area is 76.6 Å². The van der Waals surface area contributed by atoms with Gasteiger partial charge in [0.15, 0.2) is 0 Å². The molecular weight excluding hydrogens is 152 g/mol. The summed E-state index contributed by atoms with van der Waals surface area (Å²) in [5.41, 5.74) is -1.00. The van der Waals surface area contributed by atoms with Gasteiger partial charge < -0.3 is 10.2 Å². The standard InChI is InChI=1S/C6H14O.C4H10O/c1-5(2)6(3,4)7;1-4(2,3)5/h5,7H,1-4H3;5H,1-3H3. The third-order valence-electron chi connectivity index (χ3n) is 1.41. The lowest BCUT2D eigenvalue weighted by atomic mass is 9.95. The van der Waals surface area contributed by atoms with E-state index >= 15 is 0 Å². The molecule has 0 rings (SSSR count). The first-order valence-corrected chi connectivity index (χ1v) is 4.39. The highest BCUT2D eigenvalue weighted by molar-refractivity contribution is 4.67. The van der Waals surface area contributed by atoms with Crippen molar-refractivity contribution in [1.29, 1.82) is 0 Å². The molecule has 0 fully saturated rings. The SMILES string of the molecule is CC(C)(C)O.CC(C)C(C)(C)O. The molecule has 2 nitrogen and oxygen atoms in total. The van der Waals surface area contributed by atoms with Gasteiger partial charge in [0.25, 0.3) is 0 Å². The van der Waals surface area contributed by atoms with Gasteiger partial charge in [0.1, 0.15) is 0 Å². The van der Waals surface area contributed by atoms with Crippen LogP contribution in [0.2, 0.25) is 0 Å². The Hall–Kier alpha value is -0.0800. The summed E-state index contributed by atoms with van der Waals surface area (Å²) in [6, 6.07) is 0. The maximum absolute atomic E-state index is 9.09. The fourth-order valence-electron chi connectivity index (χ4n) is 0. The number of aliphatic hydroxyl groups is 2. The van der Waals surface area contributed by atoms with Gasteiger partial charge in [-0.15, -0.1) is 0 Å². The Balaban J connectivity index is 0. The second-order valence-electron chi connectivity index (χ2n) is 4.98. The molecule has 0 unspecified atom stereocenters. The zero-order chi connectivity index (χ0) is 10.6. The molecule has 0 saturated carbocycles. The molecule has 0 amide bonds. The molecule has 0 saturated heterocycles. The predicted molar refractivity (Wildman–Crippen MR) is 53.1 cm³/mol. The third-order valence-corrected chi connectivity index (χ3v) is 1.41. The molecule has 0 aromatic carbocycles. The molecule has 0 aromatic rings.